The highest BCUT2D eigenvalue weighted by molar-refractivity contribution is 6.22. The van der Waals surface area contributed by atoms with E-state index in [2.05, 4.69) is 351 Å². The van der Waals surface area contributed by atoms with E-state index in [4.69, 9.17) is 0 Å². The van der Waals surface area contributed by atoms with Crippen LogP contribution in [0.15, 0.2) is 303 Å². The van der Waals surface area contributed by atoms with Gasteiger partial charge in [-0.1, -0.05) is 180 Å². The van der Waals surface area contributed by atoms with E-state index in [1.165, 1.54) is 54.9 Å². The van der Waals surface area contributed by atoms with Crippen molar-refractivity contribution in [2.45, 2.75) is 27.7 Å². The zero-order valence-electron chi connectivity index (χ0n) is 46.7. The Morgan fingerprint density at radius 3 is 0.622 bits per heavy atom. The highest BCUT2D eigenvalue weighted by Crippen LogP contribution is 2.49. The average molecular weight is 1060 g/mol. The molecule has 0 fully saturated rings. The van der Waals surface area contributed by atoms with Crippen LogP contribution in [0.1, 0.15) is 22.3 Å². The van der Waals surface area contributed by atoms with E-state index >= 15 is 0 Å². The lowest BCUT2D eigenvalue weighted by molar-refractivity contribution is 1.25. The maximum Gasteiger partial charge on any atom is 0.0468 e. The largest absolute Gasteiger partial charge is 0.311 e. The molecule has 13 rings (SSSR count). The lowest BCUT2D eigenvalue weighted by atomic mass is 9.85. The first-order valence-corrected chi connectivity index (χ1v) is 28.2. The minimum absolute atomic E-state index is 1.06. The molecule has 0 spiro atoms. The molecule has 0 atom stereocenters. The summed E-state index contributed by atoms with van der Waals surface area (Å²) in [4.78, 5) is 9.45. The molecule has 0 aliphatic carbocycles. The van der Waals surface area contributed by atoms with E-state index in [-0.39, 0.29) is 0 Å². The van der Waals surface area contributed by atoms with Crippen LogP contribution in [-0.4, -0.2) is 0 Å². The summed E-state index contributed by atoms with van der Waals surface area (Å²) in [7, 11) is 0. The number of benzene rings is 13. The Kier molecular flexibility index (Phi) is 13.9. The van der Waals surface area contributed by atoms with Crippen LogP contribution in [-0.2, 0) is 0 Å². The number of nitrogens with zero attached hydrogens (tertiary/aromatic N) is 4. The zero-order chi connectivity index (χ0) is 55.5. The molecule has 4 nitrogen and oxygen atoms in total. The second-order valence-electron chi connectivity index (χ2n) is 21.3. The molecule has 13 aromatic carbocycles. The minimum Gasteiger partial charge on any atom is -0.311 e. The average Bonchev–Trinajstić information content (AvgIpc) is 3.71. The summed E-state index contributed by atoms with van der Waals surface area (Å²) in [6.45, 7) is 8.55. The maximum atomic E-state index is 2.41. The molecule has 0 bridgehead atoms. The number of anilines is 12. The predicted molar refractivity (Wildman–Crippen MR) is 350 cm³/mol. The van der Waals surface area contributed by atoms with Crippen LogP contribution >= 0.6 is 0 Å². The fourth-order valence-corrected chi connectivity index (χ4v) is 11.5. The third kappa shape index (κ3) is 10.1. The molecule has 0 aliphatic rings. The Morgan fingerprint density at radius 1 is 0.171 bits per heavy atom. The number of para-hydroxylation sites is 2. The first kappa shape index (κ1) is 51.0. The second kappa shape index (κ2) is 22.4. The third-order valence-corrected chi connectivity index (χ3v) is 15.7. The summed E-state index contributed by atoms with van der Waals surface area (Å²) in [5.41, 5.74) is 22.6. The minimum atomic E-state index is 1.06. The van der Waals surface area contributed by atoms with Gasteiger partial charge in [0.25, 0.3) is 0 Å². The number of aryl methyl sites for hydroxylation is 4. The summed E-state index contributed by atoms with van der Waals surface area (Å²) >= 11 is 0. The molecule has 0 N–H and O–H groups in total. The van der Waals surface area contributed by atoms with Gasteiger partial charge in [-0.25, -0.2) is 0 Å². The van der Waals surface area contributed by atoms with Gasteiger partial charge in [0.1, 0.15) is 0 Å². The van der Waals surface area contributed by atoms with Crippen LogP contribution in [0.25, 0.3) is 43.8 Å². The van der Waals surface area contributed by atoms with Crippen LogP contribution in [0.2, 0.25) is 0 Å². The van der Waals surface area contributed by atoms with Gasteiger partial charge in [0.15, 0.2) is 0 Å². The quantitative estimate of drug-likeness (QED) is 0.101. The monoisotopic (exact) mass is 1050 g/mol. The van der Waals surface area contributed by atoms with Crippen molar-refractivity contribution in [1.82, 2.24) is 0 Å². The summed E-state index contributed by atoms with van der Waals surface area (Å²) in [6, 6.07) is 111. The second-order valence-corrected chi connectivity index (χ2v) is 21.3. The van der Waals surface area contributed by atoms with E-state index in [1.54, 1.807) is 0 Å². The lowest BCUT2D eigenvalue weighted by Gasteiger charge is -2.29. The standard InChI is InChI=1S/C78H62N4/c1-55-25-33-63(34-26-55)79(64-35-27-56(2)28-36-64)67-41-45-69(46-42-67)81(61-21-13-7-14-22-61)71-49-51-73-75(53-71)77(59-17-9-5-10-18-59)74-52-50-72(54-76(74)78(73)60-19-11-6-12-20-60)82(62-23-15-8-16-24-62)70-47-43-68(44-48-70)80(65-37-29-57(3)30-38-65)66-39-31-58(4)32-40-66/h5-54H,1-4H3. The Balaban J connectivity index is 0.975. The SMILES string of the molecule is Cc1ccc(N(c2ccc(C)cc2)c2ccc(N(c3ccccc3)c3ccc4c(-c5ccccc5)c5cc(N(c6ccccc6)c6ccc(N(c7ccc(C)cc7)c7ccc(C)cc7)cc6)ccc5c(-c5ccccc5)c4c3)cc2)cc1. The number of rotatable bonds is 14. The maximum absolute atomic E-state index is 2.41. The van der Waals surface area contributed by atoms with Crippen molar-refractivity contribution in [3.05, 3.63) is 326 Å². The molecule has 4 heteroatoms. The van der Waals surface area contributed by atoms with Crippen molar-refractivity contribution in [2.24, 2.45) is 0 Å². The van der Waals surface area contributed by atoms with Gasteiger partial charge in [-0.2, -0.15) is 0 Å². The lowest BCUT2D eigenvalue weighted by Crippen LogP contribution is -2.12. The van der Waals surface area contributed by atoms with E-state index < -0.39 is 0 Å². The number of hydrogen-bond donors (Lipinski definition) is 0. The van der Waals surface area contributed by atoms with Crippen molar-refractivity contribution in [1.29, 1.82) is 0 Å². The molecule has 0 aromatic heterocycles. The van der Waals surface area contributed by atoms with Gasteiger partial charge in [0, 0.05) is 68.2 Å². The molecule has 0 amide bonds. The van der Waals surface area contributed by atoms with Crippen molar-refractivity contribution in [3.8, 4) is 22.3 Å². The molecule has 0 saturated carbocycles. The van der Waals surface area contributed by atoms with Gasteiger partial charge in [-0.05, 0) is 217 Å². The molecule has 82 heavy (non-hydrogen) atoms. The van der Waals surface area contributed by atoms with Crippen molar-refractivity contribution in [3.63, 3.8) is 0 Å². The van der Waals surface area contributed by atoms with Crippen LogP contribution in [0, 0.1) is 27.7 Å². The van der Waals surface area contributed by atoms with Crippen LogP contribution in [0.3, 0.4) is 0 Å². The van der Waals surface area contributed by atoms with Gasteiger partial charge in [0.2, 0.25) is 0 Å². The fourth-order valence-electron chi connectivity index (χ4n) is 11.5. The van der Waals surface area contributed by atoms with Crippen LogP contribution < -0.4 is 19.6 Å². The highest BCUT2D eigenvalue weighted by atomic mass is 15.2. The molecule has 394 valence electrons. The van der Waals surface area contributed by atoms with Gasteiger partial charge in [0.05, 0.1) is 0 Å². The molecule has 13 aromatic rings. The predicted octanol–water partition coefficient (Wildman–Crippen LogP) is 22.4. The topological polar surface area (TPSA) is 13.0 Å². The Morgan fingerprint density at radius 2 is 0.366 bits per heavy atom. The molecule has 0 heterocycles. The Hall–Kier alpha value is -10.4. The highest BCUT2D eigenvalue weighted by Gasteiger charge is 2.23. The van der Waals surface area contributed by atoms with Gasteiger partial charge in [-0.15, -0.1) is 0 Å². The first-order valence-electron chi connectivity index (χ1n) is 28.2. The third-order valence-electron chi connectivity index (χ3n) is 15.7. The van der Waals surface area contributed by atoms with E-state index in [0.717, 1.165) is 79.4 Å². The molecule has 0 unspecified atom stereocenters. The van der Waals surface area contributed by atoms with Crippen LogP contribution in [0.4, 0.5) is 68.2 Å². The summed E-state index contributed by atoms with van der Waals surface area (Å²) in [5.74, 6) is 0. The zero-order valence-corrected chi connectivity index (χ0v) is 46.7. The molecule has 0 radical (unpaired) electrons. The van der Waals surface area contributed by atoms with Gasteiger partial charge in [-0.3, -0.25) is 0 Å². The Bertz CT molecular complexity index is 3920. The van der Waals surface area contributed by atoms with Crippen molar-refractivity contribution in [2.75, 3.05) is 19.6 Å². The van der Waals surface area contributed by atoms with Crippen molar-refractivity contribution >= 4 is 89.8 Å². The molecule has 0 aliphatic heterocycles. The fraction of sp³-hybridized carbons (Fsp3) is 0.0513. The van der Waals surface area contributed by atoms with E-state index in [9.17, 15) is 0 Å². The normalized spacial score (nSPS) is 11.2. The smallest absolute Gasteiger partial charge is 0.0468 e. The first-order chi connectivity index (χ1) is 40.3. The molecular weight excluding hydrogens is 993 g/mol. The van der Waals surface area contributed by atoms with Gasteiger partial charge >= 0.3 is 0 Å². The molecule has 0 saturated heterocycles. The summed E-state index contributed by atoms with van der Waals surface area (Å²) in [6.07, 6.45) is 0. The van der Waals surface area contributed by atoms with Crippen LogP contribution in [0.5, 0.6) is 0 Å². The summed E-state index contributed by atoms with van der Waals surface area (Å²) in [5, 5.41) is 4.70. The Labute approximate surface area is 482 Å². The van der Waals surface area contributed by atoms with Gasteiger partial charge < -0.3 is 19.6 Å². The summed E-state index contributed by atoms with van der Waals surface area (Å²) < 4.78 is 0. The van der Waals surface area contributed by atoms with E-state index in [1.807, 2.05) is 0 Å². The van der Waals surface area contributed by atoms with Crippen molar-refractivity contribution < 1.29 is 0 Å². The number of fused-ring (bicyclic) bond motifs is 2. The number of hydrogen-bond acceptors (Lipinski definition) is 4. The van der Waals surface area contributed by atoms with E-state index in [0.29, 0.717) is 0 Å². The molecular formula is C78H62N4.